The fourth-order valence-electron chi connectivity index (χ4n) is 3.84. The lowest BCUT2D eigenvalue weighted by Crippen LogP contribution is -2.35. The summed E-state index contributed by atoms with van der Waals surface area (Å²) in [5.41, 5.74) is 1.99. The second-order valence-corrected chi connectivity index (χ2v) is 13.2. The summed E-state index contributed by atoms with van der Waals surface area (Å²) in [5, 5.41) is 1.88. The number of thiazole rings is 1. The van der Waals surface area contributed by atoms with Crippen molar-refractivity contribution in [2.24, 2.45) is 0 Å². The molecule has 2 N–H and O–H groups in total. The number of nitrogens with zero attached hydrogens (tertiary/aromatic N) is 2. The number of allylic oxidation sites excluding steroid dienone is 2. The van der Waals surface area contributed by atoms with Crippen molar-refractivity contribution in [3.05, 3.63) is 70.7 Å². The molecule has 1 aliphatic rings. The first kappa shape index (κ1) is 25.9. The van der Waals surface area contributed by atoms with E-state index in [0.717, 1.165) is 30.8 Å². The highest BCUT2D eigenvalue weighted by atomic mass is 32.2. The summed E-state index contributed by atoms with van der Waals surface area (Å²) in [6, 6.07) is 15.7. The van der Waals surface area contributed by atoms with Gasteiger partial charge in [-0.25, -0.2) is 0 Å². The van der Waals surface area contributed by atoms with Gasteiger partial charge in [-0.1, -0.05) is 53.4 Å². The van der Waals surface area contributed by atoms with Gasteiger partial charge in [0.2, 0.25) is 5.52 Å². The van der Waals surface area contributed by atoms with Crippen LogP contribution in [-0.4, -0.2) is 44.0 Å². The normalized spacial score (nSPS) is 15.5. The van der Waals surface area contributed by atoms with Gasteiger partial charge in [-0.15, -0.1) is 0 Å². The van der Waals surface area contributed by atoms with Crippen LogP contribution in [0, 0.1) is 0 Å². The van der Waals surface area contributed by atoms with Crippen molar-refractivity contribution in [2.75, 3.05) is 23.0 Å². The molecule has 3 aromatic rings. The third-order valence-electron chi connectivity index (χ3n) is 5.32. The molecule has 0 fully saturated rings. The molecular formula is C23H25N2O6S4+. The average Bonchev–Trinajstić information content (AvgIpc) is 3.30. The van der Waals surface area contributed by atoms with Crippen LogP contribution < -0.4 is 9.47 Å². The second kappa shape index (κ2) is 10.8. The van der Waals surface area contributed by atoms with Crippen LogP contribution in [0.25, 0.3) is 16.3 Å². The first-order chi connectivity index (χ1) is 16.6. The number of hydrogen-bond acceptors (Lipinski definition) is 7. The van der Waals surface area contributed by atoms with E-state index in [1.807, 2.05) is 76.2 Å². The summed E-state index contributed by atoms with van der Waals surface area (Å²) >= 11 is 3.18. The molecule has 4 rings (SSSR count). The van der Waals surface area contributed by atoms with Crippen LogP contribution in [-0.2, 0) is 26.8 Å². The summed E-state index contributed by atoms with van der Waals surface area (Å²) in [7, 11) is -8.04. The number of rotatable bonds is 10. The molecule has 0 aliphatic carbocycles. The van der Waals surface area contributed by atoms with E-state index < -0.39 is 20.2 Å². The Hall–Kier alpha value is -2.22. The van der Waals surface area contributed by atoms with Gasteiger partial charge in [0, 0.05) is 30.0 Å². The minimum absolute atomic E-state index is 0.291. The highest BCUT2D eigenvalue weighted by Gasteiger charge is 2.24. The topological polar surface area (TPSA) is 116 Å². The van der Waals surface area contributed by atoms with E-state index in [9.17, 15) is 16.8 Å². The van der Waals surface area contributed by atoms with Gasteiger partial charge in [-0.2, -0.15) is 21.4 Å². The Morgan fingerprint density at radius 1 is 0.914 bits per heavy atom. The van der Waals surface area contributed by atoms with Gasteiger partial charge in [-0.05, 0) is 30.7 Å². The van der Waals surface area contributed by atoms with Crippen LogP contribution in [0.5, 0.6) is 0 Å². The molecule has 0 radical (unpaired) electrons. The maximum atomic E-state index is 11.2. The number of fused-ring (bicyclic) bond motifs is 2. The van der Waals surface area contributed by atoms with Crippen LogP contribution in [0.2, 0.25) is 0 Å². The first-order valence-electron chi connectivity index (χ1n) is 10.9. The van der Waals surface area contributed by atoms with Crippen LogP contribution in [0.1, 0.15) is 17.8 Å². The molecule has 8 nitrogen and oxygen atoms in total. The highest BCUT2D eigenvalue weighted by Crippen LogP contribution is 2.45. The van der Waals surface area contributed by atoms with Gasteiger partial charge < -0.3 is 4.90 Å². The third-order valence-corrected chi connectivity index (χ3v) is 9.19. The largest absolute Gasteiger partial charge is 0.335 e. The van der Waals surface area contributed by atoms with Crippen molar-refractivity contribution in [1.82, 2.24) is 0 Å². The van der Waals surface area contributed by atoms with Crippen LogP contribution >= 0.6 is 23.1 Å². The predicted octanol–water partition coefficient (Wildman–Crippen LogP) is 4.21. The average molecular weight is 554 g/mol. The van der Waals surface area contributed by atoms with Crippen molar-refractivity contribution < 1.29 is 30.5 Å². The molecule has 2 heterocycles. The van der Waals surface area contributed by atoms with E-state index in [2.05, 4.69) is 0 Å². The Kier molecular flexibility index (Phi) is 7.99. The molecule has 0 saturated carbocycles. The van der Waals surface area contributed by atoms with E-state index in [1.165, 1.54) is 0 Å². The smallest absolute Gasteiger partial charge is 0.265 e. The first-order valence-corrected chi connectivity index (χ1v) is 15.7. The monoisotopic (exact) mass is 553 g/mol. The van der Waals surface area contributed by atoms with Crippen molar-refractivity contribution in [2.45, 2.75) is 24.3 Å². The van der Waals surface area contributed by atoms with Crippen molar-refractivity contribution >= 4 is 65.3 Å². The second-order valence-electron chi connectivity index (χ2n) is 7.92. The van der Waals surface area contributed by atoms with Crippen LogP contribution in [0.15, 0.2) is 70.6 Å². The maximum Gasteiger partial charge on any atom is 0.265 e. The van der Waals surface area contributed by atoms with Gasteiger partial charge >= 0.3 is 0 Å². The zero-order valence-corrected chi connectivity index (χ0v) is 21.9. The number of hydrogen-bond donors (Lipinski definition) is 2. The molecule has 12 heteroatoms. The van der Waals surface area contributed by atoms with Gasteiger partial charge in [0.25, 0.3) is 25.2 Å². The summed E-state index contributed by atoms with van der Waals surface area (Å²) in [4.78, 5) is 3.11. The van der Waals surface area contributed by atoms with Gasteiger partial charge in [-0.3, -0.25) is 9.11 Å². The van der Waals surface area contributed by atoms with E-state index in [-0.39, 0.29) is 11.5 Å². The quantitative estimate of drug-likeness (QED) is 0.283. The van der Waals surface area contributed by atoms with E-state index >= 15 is 0 Å². The fourth-order valence-corrected chi connectivity index (χ4v) is 7.03. The molecule has 0 amide bonds. The Bertz CT molecular complexity index is 1490. The van der Waals surface area contributed by atoms with Crippen LogP contribution in [0.3, 0.4) is 0 Å². The van der Waals surface area contributed by atoms with E-state index in [4.69, 9.17) is 9.11 Å². The van der Waals surface area contributed by atoms with Gasteiger partial charge in [0.1, 0.15) is 4.70 Å². The van der Waals surface area contributed by atoms with E-state index in [0.29, 0.717) is 25.9 Å². The predicted molar refractivity (Wildman–Crippen MR) is 141 cm³/mol. The molecule has 0 saturated heterocycles. The molecule has 186 valence electrons. The minimum Gasteiger partial charge on any atom is -0.335 e. The Morgan fingerprint density at radius 2 is 1.60 bits per heavy atom. The van der Waals surface area contributed by atoms with E-state index in [1.54, 1.807) is 23.1 Å². The number of thioether (sulfide) groups is 1. The Labute approximate surface area is 213 Å². The lowest BCUT2D eigenvalue weighted by atomic mass is 10.3. The SMILES string of the molecule is O=S(=O)(O)CCCN1C(=CC=Cc2sc3ccccc3[n+]2CCCS(=O)(=O)O)Sc2ccccc21. The standard InChI is InChI=1S/C23H24N2O6S4/c26-34(27,28)16-6-14-24-18-8-1-3-10-20(18)32-22(24)12-5-13-23-25(15-7-17-35(29,30)31)19-9-2-4-11-21(19)33-23/h1-5,8-13H,6-7,14-17H2,(H-,26,27,28,29,30,31)/p+1. The number of para-hydroxylation sites is 2. The lowest BCUT2D eigenvalue weighted by Gasteiger charge is -2.19. The molecule has 35 heavy (non-hydrogen) atoms. The number of aryl methyl sites for hydroxylation is 1. The summed E-state index contributed by atoms with van der Waals surface area (Å²) < 4.78 is 65.9. The zero-order valence-electron chi connectivity index (χ0n) is 18.6. The summed E-state index contributed by atoms with van der Waals surface area (Å²) in [5.74, 6) is -0.602. The van der Waals surface area contributed by atoms with Gasteiger partial charge in [0.05, 0.1) is 22.2 Å². The molecular weight excluding hydrogens is 529 g/mol. The molecule has 0 unspecified atom stereocenters. The third kappa shape index (κ3) is 6.93. The zero-order chi connectivity index (χ0) is 25.1. The molecule has 0 atom stereocenters. The molecule has 2 aromatic carbocycles. The minimum atomic E-state index is -4.02. The Morgan fingerprint density at radius 3 is 2.37 bits per heavy atom. The van der Waals surface area contributed by atoms with Crippen molar-refractivity contribution in [3.8, 4) is 0 Å². The van der Waals surface area contributed by atoms with Crippen molar-refractivity contribution in [1.29, 1.82) is 0 Å². The molecule has 1 aliphatic heterocycles. The number of aromatic nitrogens is 1. The fraction of sp³-hybridized carbons (Fsp3) is 0.261. The molecule has 0 spiro atoms. The lowest BCUT2D eigenvalue weighted by molar-refractivity contribution is -0.668. The van der Waals surface area contributed by atoms with Gasteiger partial charge in [0.15, 0.2) is 6.54 Å². The maximum absolute atomic E-state index is 11.2. The highest BCUT2D eigenvalue weighted by molar-refractivity contribution is 8.03. The van der Waals surface area contributed by atoms with Crippen LogP contribution in [0.4, 0.5) is 5.69 Å². The number of anilines is 1. The summed E-state index contributed by atoms with van der Waals surface area (Å²) in [6.07, 6.45) is 6.43. The molecule has 1 aromatic heterocycles. The summed E-state index contributed by atoms with van der Waals surface area (Å²) in [6.45, 7) is 0.893. The Balaban J connectivity index is 1.57. The number of benzene rings is 2. The molecule has 0 bridgehead atoms. The van der Waals surface area contributed by atoms with Crippen molar-refractivity contribution in [3.63, 3.8) is 0 Å².